The van der Waals surface area contributed by atoms with Crippen LogP contribution in [0.2, 0.25) is 0 Å². The molecule has 7 nitrogen and oxygen atoms in total. The van der Waals surface area contributed by atoms with E-state index in [1.807, 2.05) is 18.5 Å². The predicted octanol–water partition coefficient (Wildman–Crippen LogP) is 3.15. The van der Waals surface area contributed by atoms with E-state index in [0.717, 1.165) is 16.9 Å². The summed E-state index contributed by atoms with van der Waals surface area (Å²) in [6.45, 7) is 4.14. The molecule has 1 heterocycles. The molecule has 0 fully saturated rings. The molecule has 1 aromatic carbocycles. The lowest BCUT2D eigenvalue weighted by Gasteiger charge is -2.07. The Bertz CT molecular complexity index is 867. The number of aryl methyl sites for hydroxylation is 1. The Morgan fingerprint density at radius 1 is 1.19 bits per heavy atom. The molecule has 7 heteroatoms. The fourth-order valence-electron chi connectivity index (χ4n) is 2.78. The van der Waals surface area contributed by atoms with Crippen molar-refractivity contribution in [3.63, 3.8) is 0 Å². The van der Waals surface area contributed by atoms with E-state index in [-0.39, 0.29) is 31.4 Å². The Kier molecular flexibility index (Phi) is 6.98. The first kappa shape index (κ1) is 20.5. The van der Waals surface area contributed by atoms with E-state index < -0.39 is 5.97 Å². The van der Waals surface area contributed by atoms with Gasteiger partial charge in [0.25, 0.3) is 0 Å². The van der Waals surface area contributed by atoms with Gasteiger partial charge in [-0.2, -0.15) is 0 Å². The van der Waals surface area contributed by atoms with Crippen LogP contribution in [-0.2, 0) is 21.3 Å². The molecule has 0 aliphatic heterocycles. The van der Waals surface area contributed by atoms with Gasteiger partial charge in [-0.25, -0.2) is 4.79 Å². The first-order chi connectivity index (χ1) is 12.8. The third-order valence-electron chi connectivity index (χ3n) is 4.50. The maximum atomic E-state index is 12.5. The molecule has 0 amide bonds. The van der Waals surface area contributed by atoms with Crippen molar-refractivity contribution in [2.24, 2.45) is 12.0 Å². The molecule has 0 aliphatic rings. The van der Waals surface area contributed by atoms with Gasteiger partial charge in [0.15, 0.2) is 0 Å². The number of phenolic OH excluding ortho intramolecular Hbond substituents is 1. The maximum absolute atomic E-state index is 12.5. The molecule has 0 radical (unpaired) electrons. The van der Waals surface area contributed by atoms with Gasteiger partial charge in [0, 0.05) is 36.4 Å². The van der Waals surface area contributed by atoms with Crippen molar-refractivity contribution in [1.29, 1.82) is 0 Å². The van der Waals surface area contributed by atoms with Crippen LogP contribution in [0.4, 0.5) is 0 Å². The van der Waals surface area contributed by atoms with Crippen LogP contribution >= 0.6 is 0 Å². The van der Waals surface area contributed by atoms with Gasteiger partial charge in [-0.3, -0.25) is 9.79 Å². The highest BCUT2D eigenvalue weighted by Crippen LogP contribution is 2.28. The highest BCUT2D eigenvalue weighted by Gasteiger charge is 2.20. The van der Waals surface area contributed by atoms with Crippen LogP contribution in [0.1, 0.15) is 42.2 Å². The number of aromatic hydroxyl groups is 1. The van der Waals surface area contributed by atoms with E-state index in [1.165, 1.54) is 0 Å². The third-order valence-corrected chi connectivity index (χ3v) is 4.50. The summed E-state index contributed by atoms with van der Waals surface area (Å²) in [6.07, 6.45) is 1.39. The molecule has 0 atom stereocenters. The number of esters is 2. The fraction of sp³-hybridized carbons (Fsp3) is 0.450. The zero-order chi connectivity index (χ0) is 20.0. The minimum absolute atomic E-state index is 0.104. The van der Waals surface area contributed by atoms with E-state index in [4.69, 9.17) is 9.47 Å². The zero-order valence-corrected chi connectivity index (χ0v) is 16.2. The van der Waals surface area contributed by atoms with Gasteiger partial charge < -0.3 is 19.1 Å². The van der Waals surface area contributed by atoms with E-state index >= 15 is 0 Å². The summed E-state index contributed by atoms with van der Waals surface area (Å²) in [5, 5.41) is 10.4. The van der Waals surface area contributed by atoms with Gasteiger partial charge in [-0.05, 0) is 44.9 Å². The highest BCUT2D eigenvalue weighted by molar-refractivity contribution is 6.06. The minimum Gasteiger partial charge on any atom is -0.508 e. The van der Waals surface area contributed by atoms with E-state index in [1.54, 1.807) is 32.2 Å². The van der Waals surface area contributed by atoms with E-state index in [2.05, 4.69) is 4.99 Å². The summed E-state index contributed by atoms with van der Waals surface area (Å²) in [7, 11) is 3.50. The SMILES string of the molecule is CN=C(C)CC(=O)OCCCCOC(=O)c1c(C)n(C)c2ccc(O)cc12. The van der Waals surface area contributed by atoms with Crippen LogP contribution in [-0.4, -0.2) is 47.6 Å². The first-order valence-electron chi connectivity index (χ1n) is 8.88. The summed E-state index contributed by atoms with van der Waals surface area (Å²) in [6, 6.07) is 4.93. The van der Waals surface area contributed by atoms with Crippen molar-refractivity contribution < 1.29 is 24.2 Å². The molecular weight excluding hydrogens is 348 g/mol. The Labute approximate surface area is 158 Å². The lowest BCUT2D eigenvalue weighted by molar-refractivity contribution is -0.142. The molecular formula is C20H26N2O5. The quantitative estimate of drug-likeness (QED) is 0.435. The number of hydrogen-bond acceptors (Lipinski definition) is 6. The average Bonchev–Trinajstić information content (AvgIpc) is 2.87. The smallest absolute Gasteiger partial charge is 0.340 e. The molecule has 2 rings (SSSR count). The zero-order valence-electron chi connectivity index (χ0n) is 16.2. The number of ether oxygens (including phenoxy) is 2. The maximum Gasteiger partial charge on any atom is 0.340 e. The molecule has 0 aliphatic carbocycles. The van der Waals surface area contributed by atoms with Crippen LogP contribution < -0.4 is 0 Å². The molecule has 0 saturated heterocycles. The lowest BCUT2D eigenvalue weighted by atomic mass is 10.1. The number of hydrogen-bond donors (Lipinski definition) is 1. The van der Waals surface area contributed by atoms with Crippen LogP contribution in [0.5, 0.6) is 5.75 Å². The van der Waals surface area contributed by atoms with Crippen molar-refractivity contribution in [1.82, 2.24) is 4.57 Å². The number of rotatable bonds is 8. The third kappa shape index (κ3) is 5.09. The lowest BCUT2D eigenvalue weighted by Crippen LogP contribution is -2.11. The van der Waals surface area contributed by atoms with Crippen molar-refractivity contribution in [2.45, 2.75) is 33.1 Å². The summed E-state index contributed by atoms with van der Waals surface area (Å²) < 4.78 is 12.4. The van der Waals surface area contributed by atoms with Gasteiger partial charge in [0.05, 0.1) is 25.2 Å². The molecule has 1 aromatic heterocycles. The standard InChI is InChI=1S/C20H26N2O5/c1-13(21-3)11-18(24)26-9-5-6-10-27-20(25)19-14(2)22(4)17-8-7-15(23)12-16(17)19/h7-8,12,23H,5-6,9-11H2,1-4H3. The van der Waals surface area contributed by atoms with Crippen LogP contribution in [0.3, 0.4) is 0 Å². The minimum atomic E-state index is -0.421. The molecule has 0 unspecified atom stereocenters. The average molecular weight is 374 g/mol. The molecule has 1 N–H and O–H groups in total. The van der Waals surface area contributed by atoms with Crippen LogP contribution in [0.15, 0.2) is 23.2 Å². The Morgan fingerprint density at radius 2 is 1.85 bits per heavy atom. The van der Waals surface area contributed by atoms with Crippen molar-refractivity contribution >= 4 is 28.6 Å². The number of benzene rings is 1. The topological polar surface area (TPSA) is 90.1 Å². The summed E-state index contributed by atoms with van der Waals surface area (Å²) in [5.41, 5.74) is 2.83. The molecule has 0 spiro atoms. The summed E-state index contributed by atoms with van der Waals surface area (Å²) in [5.74, 6) is -0.621. The second-order valence-corrected chi connectivity index (χ2v) is 6.42. The molecule has 27 heavy (non-hydrogen) atoms. The van der Waals surface area contributed by atoms with Gasteiger partial charge in [-0.1, -0.05) is 0 Å². The summed E-state index contributed by atoms with van der Waals surface area (Å²) >= 11 is 0. The van der Waals surface area contributed by atoms with Gasteiger partial charge >= 0.3 is 11.9 Å². The molecule has 2 aromatic rings. The normalized spacial score (nSPS) is 11.6. The number of fused-ring (bicyclic) bond motifs is 1. The van der Waals surface area contributed by atoms with Crippen molar-refractivity contribution in [3.05, 3.63) is 29.5 Å². The number of carbonyl (C=O) groups excluding carboxylic acids is 2. The number of aliphatic imine (C=N–C) groups is 1. The summed E-state index contributed by atoms with van der Waals surface area (Å²) in [4.78, 5) is 27.9. The number of phenols is 1. The fourth-order valence-corrected chi connectivity index (χ4v) is 2.78. The number of nitrogens with zero attached hydrogens (tertiary/aromatic N) is 2. The monoisotopic (exact) mass is 374 g/mol. The predicted molar refractivity (Wildman–Crippen MR) is 103 cm³/mol. The second-order valence-electron chi connectivity index (χ2n) is 6.42. The van der Waals surface area contributed by atoms with Gasteiger partial charge in [-0.15, -0.1) is 0 Å². The largest absolute Gasteiger partial charge is 0.508 e. The Balaban J connectivity index is 1.83. The Morgan fingerprint density at radius 3 is 2.52 bits per heavy atom. The van der Waals surface area contributed by atoms with Gasteiger partial charge in [0.2, 0.25) is 0 Å². The van der Waals surface area contributed by atoms with Crippen LogP contribution in [0.25, 0.3) is 10.9 Å². The van der Waals surface area contributed by atoms with E-state index in [0.29, 0.717) is 23.8 Å². The van der Waals surface area contributed by atoms with Gasteiger partial charge in [0.1, 0.15) is 5.75 Å². The first-order valence-corrected chi connectivity index (χ1v) is 8.88. The second kappa shape index (κ2) is 9.21. The highest BCUT2D eigenvalue weighted by atomic mass is 16.5. The number of aromatic nitrogens is 1. The molecule has 0 saturated carbocycles. The van der Waals surface area contributed by atoms with Crippen molar-refractivity contribution in [3.8, 4) is 5.75 Å². The Hall–Kier alpha value is -2.83. The molecule has 0 bridgehead atoms. The van der Waals surface area contributed by atoms with E-state index in [9.17, 15) is 14.7 Å². The van der Waals surface area contributed by atoms with Crippen LogP contribution in [0, 0.1) is 6.92 Å². The number of carbonyl (C=O) groups is 2. The number of unbranched alkanes of at least 4 members (excludes halogenated alkanes) is 1. The van der Waals surface area contributed by atoms with Crippen molar-refractivity contribution in [2.75, 3.05) is 20.3 Å². The molecule has 146 valence electrons.